The van der Waals surface area contributed by atoms with Crippen LogP contribution in [-0.4, -0.2) is 42.3 Å². The van der Waals surface area contributed by atoms with Crippen LogP contribution in [0.4, 0.5) is 0 Å². The van der Waals surface area contributed by atoms with Crippen LogP contribution in [-0.2, 0) is 25.6 Å². The molecule has 1 aromatic heterocycles. The molecule has 8 heteroatoms. The van der Waals surface area contributed by atoms with Gasteiger partial charge in [0.05, 0.1) is 23.3 Å². The molecule has 1 saturated heterocycles. The standard InChI is InChI=1S/C22H26N2O5S/c1-3-28-21(26)12-20-24(14-19(25)23-13-17-5-4-10-29-17)22(27)18(30-20)11-16-8-6-15(2)7-9-16/h6-9,11-12,17H,3-5,10,13-14H2,1-2H3,(H,23,25)/b18-11-,20-12-. The summed E-state index contributed by atoms with van der Waals surface area (Å²) in [5, 5.41) is 2.81. The topological polar surface area (TPSA) is 86.6 Å². The molecule has 1 unspecified atom stereocenters. The Morgan fingerprint density at radius 1 is 1.33 bits per heavy atom. The van der Waals surface area contributed by atoms with Crippen LogP contribution in [0.15, 0.2) is 29.1 Å². The zero-order valence-corrected chi connectivity index (χ0v) is 18.0. The van der Waals surface area contributed by atoms with E-state index in [1.807, 2.05) is 31.2 Å². The van der Waals surface area contributed by atoms with Gasteiger partial charge in [0.15, 0.2) is 0 Å². The van der Waals surface area contributed by atoms with E-state index < -0.39 is 5.97 Å². The molecule has 2 heterocycles. The number of hydrogen-bond acceptors (Lipinski definition) is 6. The van der Waals surface area contributed by atoms with E-state index in [0.29, 0.717) is 22.3 Å². The lowest BCUT2D eigenvalue weighted by Crippen LogP contribution is -2.40. The Kier molecular flexibility index (Phi) is 7.59. The number of amides is 1. The van der Waals surface area contributed by atoms with E-state index in [4.69, 9.17) is 9.47 Å². The highest BCUT2D eigenvalue weighted by molar-refractivity contribution is 7.07. The number of carbonyl (C=O) groups excluding carboxylic acids is 2. The molecule has 1 amide bonds. The fraction of sp³-hybridized carbons (Fsp3) is 0.409. The maximum Gasteiger partial charge on any atom is 0.333 e. The molecule has 3 rings (SSSR count). The van der Waals surface area contributed by atoms with E-state index in [1.54, 1.807) is 13.0 Å². The molecule has 30 heavy (non-hydrogen) atoms. The van der Waals surface area contributed by atoms with Crippen molar-refractivity contribution in [2.24, 2.45) is 0 Å². The van der Waals surface area contributed by atoms with Gasteiger partial charge in [0.1, 0.15) is 11.2 Å². The van der Waals surface area contributed by atoms with Crippen LogP contribution in [0.1, 0.15) is 30.9 Å². The highest BCUT2D eigenvalue weighted by Gasteiger charge is 2.17. The average Bonchev–Trinajstić information content (AvgIpc) is 3.33. The van der Waals surface area contributed by atoms with Gasteiger partial charge in [-0.25, -0.2) is 4.79 Å². The first-order valence-electron chi connectivity index (χ1n) is 10.0. The van der Waals surface area contributed by atoms with Crippen LogP contribution < -0.4 is 20.1 Å². The van der Waals surface area contributed by atoms with E-state index in [0.717, 1.165) is 35.3 Å². The van der Waals surface area contributed by atoms with E-state index in [2.05, 4.69) is 5.32 Å². The molecular weight excluding hydrogens is 404 g/mol. The van der Waals surface area contributed by atoms with E-state index in [-0.39, 0.29) is 30.7 Å². The largest absolute Gasteiger partial charge is 0.463 e. The number of nitrogens with one attached hydrogen (secondary N) is 1. The first-order valence-corrected chi connectivity index (χ1v) is 10.8. The molecule has 1 aromatic carbocycles. The summed E-state index contributed by atoms with van der Waals surface area (Å²) in [6.07, 6.45) is 4.94. The molecule has 0 spiro atoms. The van der Waals surface area contributed by atoms with E-state index >= 15 is 0 Å². The van der Waals surface area contributed by atoms with Crippen molar-refractivity contribution in [2.75, 3.05) is 19.8 Å². The molecule has 0 radical (unpaired) electrons. The van der Waals surface area contributed by atoms with Gasteiger partial charge in [-0.2, -0.15) is 0 Å². The van der Waals surface area contributed by atoms with E-state index in [9.17, 15) is 14.4 Å². The molecule has 2 aromatic rings. The summed E-state index contributed by atoms with van der Waals surface area (Å²) in [4.78, 5) is 37.3. The molecule has 0 aliphatic carbocycles. The van der Waals surface area contributed by atoms with Crippen LogP contribution in [0, 0.1) is 6.92 Å². The summed E-state index contributed by atoms with van der Waals surface area (Å²) in [7, 11) is 0. The molecular formula is C22H26N2O5S. The summed E-state index contributed by atoms with van der Waals surface area (Å²) in [5.41, 5.74) is 1.68. The number of aryl methyl sites for hydroxylation is 1. The highest BCUT2D eigenvalue weighted by Crippen LogP contribution is 2.10. The van der Waals surface area contributed by atoms with Crippen molar-refractivity contribution < 1.29 is 19.1 Å². The third kappa shape index (κ3) is 5.90. The number of esters is 1. The molecule has 1 aliphatic heterocycles. The van der Waals surface area contributed by atoms with Gasteiger partial charge in [-0.3, -0.25) is 14.2 Å². The Balaban J connectivity index is 1.89. The molecule has 1 aliphatic rings. The summed E-state index contributed by atoms with van der Waals surface area (Å²) in [6.45, 7) is 4.88. The molecule has 1 atom stereocenters. The SMILES string of the molecule is CCOC(=O)/C=c1\s/c(=C\c2ccc(C)cc2)c(=O)n1CC(=O)NCC1CCCO1. The van der Waals surface area contributed by atoms with Crippen LogP contribution in [0.2, 0.25) is 0 Å². The number of carbonyl (C=O) groups is 2. The number of ether oxygens (including phenoxy) is 2. The number of rotatable bonds is 7. The van der Waals surface area contributed by atoms with Crippen molar-refractivity contribution >= 4 is 35.4 Å². The zero-order chi connectivity index (χ0) is 21.5. The van der Waals surface area contributed by atoms with E-state index in [1.165, 1.54) is 10.6 Å². The molecule has 0 bridgehead atoms. The minimum Gasteiger partial charge on any atom is -0.463 e. The van der Waals surface area contributed by atoms with Crippen molar-refractivity contribution in [3.63, 3.8) is 0 Å². The normalized spacial score (nSPS) is 17.3. The predicted molar refractivity (Wildman–Crippen MR) is 116 cm³/mol. The molecule has 7 nitrogen and oxygen atoms in total. The second-order valence-corrected chi connectivity index (χ2v) is 8.15. The molecule has 1 N–H and O–H groups in total. The minimum absolute atomic E-state index is 0.0177. The van der Waals surface area contributed by atoms with Crippen LogP contribution in [0.25, 0.3) is 12.2 Å². The van der Waals surface area contributed by atoms with Crippen molar-refractivity contribution in [3.8, 4) is 0 Å². The Hall–Kier alpha value is -2.71. The molecule has 0 saturated carbocycles. The minimum atomic E-state index is -0.547. The Morgan fingerprint density at radius 2 is 2.10 bits per heavy atom. The number of hydrogen-bond donors (Lipinski definition) is 1. The van der Waals surface area contributed by atoms with Crippen LogP contribution in [0.3, 0.4) is 0 Å². The number of benzene rings is 1. The van der Waals surface area contributed by atoms with Gasteiger partial charge in [0, 0.05) is 13.2 Å². The Morgan fingerprint density at radius 3 is 2.77 bits per heavy atom. The number of aromatic nitrogens is 1. The van der Waals surface area contributed by atoms with Crippen LogP contribution in [0.5, 0.6) is 0 Å². The second kappa shape index (κ2) is 10.4. The lowest BCUT2D eigenvalue weighted by atomic mass is 10.1. The summed E-state index contributed by atoms with van der Waals surface area (Å²) in [6, 6.07) is 7.76. The average molecular weight is 431 g/mol. The quantitative estimate of drug-likeness (QED) is 0.653. The number of nitrogens with zero attached hydrogens (tertiary/aromatic N) is 1. The van der Waals surface area contributed by atoms with Crippen molar-refractivity contribution in [1.82, 2.24) is 9.88 Å². The van der Waals surface area contributed by atoms with Crippen molar-refractivity contribution in [1.29, 1.82) is 0 Å². The van der Waals surface area contributed by atoms with Gasteiger partial charge < -0.3 is 14.8 Å². The fourth-order valence-corrected chi connectivity index (χ4v) is 4.15. The summed E-state index contributed by atoms with van der Waals surface area (Å²) >= 11 is 1.16. The smallest absolute Gasteiger partial charge is 0.333 e. The zero-order valence-electron chi connectivity index (χ0n) is 17.2. The van der Waals surface area contributed by atoms with Gasteiger partial charge in [-0.05, 0) is 38.3 Å². The lowest BCUT2D eigenvalue weighted by Gasteiger charge is -2.10. The van der Waals surface area contributed by atoms with Gasteiger partial charge in [-0.1, -0.05) is 29.8 Å². The predicted octanol–water partition coefficient (Wildman–Crippen LogP) is 0.686. The highest BCUT2D eigenvalue weighted by atomic mass is 32.1. The third-order valence-corrected chi connectivity index (χ3v) is 5.75. The summed E-state index contributed by atoms with van der Waals surface area (Å²) < 4.78 is 12.6. The monoisotopic (exact) mass is 430 g/mol. The van der Waals surface area contributed by atoms with Crippen molar-refractivity contribution in [3.05, 3.63) is 54.9 Å². The first kappa shape index (κ1) is 22.0. The third-order valence-electron chi connectivity index (χ3n) is 4.69. The molecule has 1 fully saturated rings. The Bertz CT molecular complexity index is 1060. The van der Waals surface area contributed by atoms with Gasteiger partial charge in [-0.15, -0.1) is 11.3 Å². The maximum absolute atomic E-state index is 13.0. The lowest BCUT2D eigenvalue weighted by molar-refractivity contribution is -0.135. The first-order chi connectivity index (χ1) is 14.5. The maximum atomic E-state index is 13.0. The second-order valence-electron chi connectivity index (χ2n) is 7.09. The fourth-order valence-electron chi connectivity index (χ4n) is 3.12. The van der Waals surface area contributed by atoms with Gasteiger partial charge in [0.2, 0.25) is 5.91 Å². The molecule has 160 valence electrons. The summed E-state index contributed by atoms with van der Waals surface area (Å²) in [5.74, 6) is -0.847. The van der Waals surface area contributed by atoms with Crippen molar-refractivity contribution in [2.45, 2.75) is 39.3 Å². The Labute approximate surface area is 178 Å². The number of thiazole rings is 1. The van der Waals surface area contributed by atoms with Gasteiger partial charge in [0.25, 0.3) is 5.56 Å². The van der Waals surface area contributed by atoms with Gasteiger partial charge >= 0.3 is 5.97 Å². The van der Waals surface area contributed by atoms with Crippen LogP contribution >= 0.6 is 11.3 Å².